The first-order chi connectivity index (χ1) is 6.07. The van der Waals surface area contributed by atoms with Crippen LogP contribution in [0, 0.1) is 6.92 Å². The molecule has 1 rings (SSSR count). The molecule has 13 heavy (non-hydrogen) atoms. The lowest BCUT2D eigenvalue weighted by molar-refractivity contribution is 0.149. The smallest absolute Gasteiger partial charge is 0.205 e. The molecule has 0 N–H and O–H groups in total. The second-order valence-corrected chi connectivity index (χ2v) is 3.72. The topological polar surface area (TPSA) is 0 Å². The summed E-state index contributed by atoms with van der Waals surface area (Å²) in [4.78, 5) is 0. The number of hydrogen-bond acceptors (Lipinski definition) is 0. The molecule has 72 valence electrons. The summed E-state index contributed by atoms with van der Waals surface area (Å²) in [5.41, 5.74) is 1.71. The summed E-state index contributed by atoms with van der Waals surface area (Å²) < 4.78 is 25.8. The maximum absolute atomic E-state index is 12.6. The van der Waals surface area contributed by atoms with Crippen molar-refractivity contribution in [3.63, 3.8) is 0 Å². The number of alkyl halides is 2. The minimum atomic E-state index is -2.40. The van der Waals surface area contributed by atoms with Crippen LogP contribution >= 0.6 is 15.9 Å². The molecule has 0 saturated heterocycles. The van der Waals surface area contributed by atoms with Crippen molar-refractivity contribution in [2.45, 2.75) is 26.7 Å². The summed E-state index contributed by atoms with van der Waals surface area (Å²) >= 11 is 3.19. The highest BCUT2D eigenvalue weighted by Crippen LogP contribution is 2.33. The van der Waals surface area contributed by atoms with E-state index < -0.39 is 6.43 Å². The van der Waals surface area contributed by atoms with Crippen LogP contribution in [0.15, 0.2) is 16.6 Å². The van der Waals surface area contributed by atoms with E-state index in [1.807, 2.05) is 19.9 Å². The van der Waals surface area contributed by atoms with Gasteiger partial charge < -0.3 is 0 Å². The van der Waals surface area contributed by atoms with Gasteiger partial charge in [0.2, 0.25) is 0 Å². The Morgan fingerprint density at radius 1 is 1.38 bits per heavy atom. The van der Waals surface area contributed by atoms with Crippen molar-refractivity contribution < 1.29 is 8.78 Å². The first-order valence-electron chi connectivity index (χ1n) is 4.14. The molecule has 0 nitrogen and oxygen atoms in total. The molecule has 1 aromatic carbocycles. The van der Waals surface area contributed by atoms with E-state index in [1.165, 1.54) is 0 Å². The molecule has 0 spiro atoms. The largest absolute Gasteiger partial charge is 0.265 e. The molecule has 0 bridgehead atoms. The monoisotopic (exact) mass is 248 g/mol. The first kappa shape index (κ1) is 10.6. The Hall–Kier alpha value is -0.440. The van der Waals surface area contributed by atoms with Crippen molar-refractivity contribution in [2.75, 3.05) is 0 Å². The van der Waals surface area contributed by atoms with E-state index in [9.17, 15) is 8.78 Å². The fourth-order valence-corrected chi connectivity index (χ4v) is 1.85. The second-order valence-electron chi connectivity index (χ2n) is 2.92. The van der Waals surface area contributed by atoms with Gasteiger partial charge in [0.15, 0.2) is 0 Å². The maximum atomic E-state index is 12.6. The molecule has 1 aromatic rings. The van der Waals surface area contributed by atoms with Crippen molar-refractivity contribution in [3.05, 3.63) is 33.3 Å². The first-order valence-corrected chi connectivity index (χ1v) is 4.93. The Kier molecular flexibility index (Phi) is 3.42. The highest BCUT2D eigenvalue weighted by Gasteiger charge is 2.16. The van der Waals surface area contributed by atoms with Gasteiger partial charge in [0.25, 0.3) is 6.43 Å². The summed E-state index contributed by atoms with van der Waals surface area (Å²) in [5, 5.41) is 0. The zero-order valence-electron chi connectivity index (χ0n) is 7.57. The maximum Gasteiger partial charge on any atom is 0.265 e. The van der Waals surface area contributed by atoms with Gasteiger partial charge in [0.1, 0.15) is 0 Å². The van der Waals surface area contributed by atoms with Gasteiger partial charge in [-0.2, -0.15) is 0 Å². The van der Waals surface area contributed by atoms with Gasteiger partial charge in [-0.3, -0.25) is 0 Å². The standard InChI is InChI=1S/C10H11BrF2/c1-3-7-5-4-6(2)9(11)8(7)10(12)13/h4-5,10H,3H2,1-2H3. The highest BCUT2D eigenvalue weighted by molar-refractivity contribution is 9.10. The molecule has 0 aliphatic heterocycles. The summed E-state index contributed by atoms with van der Waals surface area (Å²) in [6.07, 6.45) is -1.76. The van der Waals surface area contributed by atoms with Gasteiger partial charge in [0, 0.05) is 10.0 Å². The van der Waals surface area contributed by atoms with E-state index in [-0.39, 0.29) is 5.56 Å². The number of benzene rings is 1. The Morgan fingerprint density at radius 2 is 2.00 bits per heavy atom. The predicted molar refractivity (Wildman–Crippen MR) is 53.2 cm³/mol. The van der Waals surface area contributed by atoms with Gasteiger partial charge in [-0.25, -0.2) is 8.78 Å². The van der Waals surface area contributed by atoms with Gasteiger partial charge >= 0.3 is 0 Å². The quantitative estimate of drug-likeness (QED) is 0.734. The van der Waals surface area contributed by atoms with Crippen LogP contribution in [0.5, 0.6) is 0 Å². The van der Waals surface area contributed by atoms with Crippen molar-refractivity contribution in [1.29, 1.82) is 0 Å². The summed E-state index contributed by atoms with van der Waals surface area (Å²) in [5.74, 6) is 0. The lowest BCUT2D eigenvalue weighted by Gasteiger charge is -2.11. The minimum absolute atomic E-state index is 0.141. The molecule has 0 aliphatic carbocycles. The molecule has 0 saturated carbocycles. The Morgan fingerprint density at radius 3 is 2.46 bits per heavy atom. The second kappa shape index (κ2) is 4.18. The number of hydrogen-bond donors (Lipinski definition) is 0. The van der Waals surface area contributed by atoms with Crippen molar-refractivity contribution in [2.24, 2.45) is 0 Å². The van der Waals surface area contributed by atoms with Crippen LogP contribution < -0.4 is 0 Å². The molecule has 0 amide bonds. The van der Waals surface area contributed by atoms with Crippen LogP contribution in [0.3, 0.4) is 0 Å². The molecule has 0 unspecified atom stereocenters. The van der Waals surface area contributed by atoms with Crippen LogP contribution in [0.2, 0.25) is 0 Å². The van der Waals surface area contributed by atoms with E-state index in [1.54, 1.807) is 6.07 Å². The number of aryl methyl sites for hydroxylation is 2. The summed E-state index contributed by atoms with van der Waals surface area (Å²) in [6.45, 7) is 3.69. The summed E-state index contributed by atoms with van der Waals surface area (Å²) in [6, 6.07) is 3.62. The van der Waals surface area contributed by atoms with E-state index in [0.717, 1.165) is 5.56 Å². The lowest BCUT2D eigenvalue weighted by atomic mass is 10.0. The SMILES string of the molecule is CCc1ccc(C)c(Br)c1C(F)F. The van der Waals surface area contributed by atoms with E-state index in [4.69, 9.17) is 0 Å². The number of halogens is 3. The van der Waals surface area contributed by atoms with Crippen molar-refractivity contribution in [1.82, 2.24) is 0 Å². The molecule has 0 aromatic heterocycles. The lowest BCUT2D eigenvalue weighted by Crippen LogP contribution is -1.96. The molecule has 0 aliphatic rings. The average Bonchev–Trinajstić information content (AvgIpc) is 2.08. The third-order valence-corrected chi connectivity index (χ3v) is 3.11. The fourth-order valence-electron chi connectivity index (χ4n) is 1.29. The normalized spacial score (nSPS) is 10.9. The zero-order chi connectivity index (χ0) is 10.0. The number of rotatable bonds is 2. The predicted octanol–water partition coefficient (Wildman–Crippen LogP) is 4.26. The third kappa shape index (κ3) is 2.08. The van der Waals surface area contributed by atoms with Crippen molar-refractivity contribution in [3.8, 4) is 0 Å². The van der Waals surface area contributed by atoms with E-state index in [0.29, 0.717) is 16.5 Å². The Balaban J connectivity index is 3.32. The third-order valence-electron chi connectivity index (χ3n) is 2.06. The van der Waals surface area contributed by atoms with Crippen LogP contribution in [-0.2, 0) is 6.42 Å². The van der Waals surface area contributed by atoms with Crippen LogP contribution in [0.4, 0.5) is 8.78 Å². The van der Waals surface area contributed by atoms with Crippen molar-refractivity contribution >= 4 is 15.9 Å². The molecule has 0 atom stereocenters. The molecule has 0 fully saturated rings. The van der Waals surface area contributed by atoms with Gasteiger partial charge in [0.05, 0.1) is 0 Å². The average molecular weight is 249 g/mol. The Bertz CT molecular complexity index is 308. The highest BCUT2D eigenvalue weighted by atomic mass is 79.9. The van der Waals surface area contributed by atoms with Crippen LogP contribution in [0.1, 0.15) is 30.0 Å². The molecular weight excluding hydrogens is 238 g/mol. The van der Waals surface area contributed by atoms with Crippen LogP contribution in [0.25, 0.3) is 0 Å². The van der Waals surface area contributed by atoms with Crippen LogP contribution in [-0.4, -0.2) is 0 Å². The van der Waals surface area contributed by atoms with Gasteiger partial charge in [-0.05, 0) is 24.5 Å². The summed E-state index contributed by atoms with van der Waals surface area (Å²) in [7, 11) is 0. The van der Waals surface area contributed by atoms with Gasteiger partial charge in [-0.1, -0.05) is 35.0 Å². The van der Waals surface area contributed by atoms with Gasteiger partial charge in [-0.15, -0.1) is 0 Å². The molecule has 0 heterocycles. The fraction of sp³-hybridized carbons (Fsp3) is 0.400. The Labute approximate surface area is 85.1 Å². The molecule has 3 heteroatoms. The van der Waals surface area contributed by atoms with E-state index in [2.05, 4.69) is 15.9 Å². The zero-order valence-corrected chi connectivity index (χ0v) is 9.16. The molecule has 0 radical (unpaired) electrons. The molecular formula is C10H11BrF2. The minimum Gasteiger partial charge on any atom is -0.205 e. The van der Waals surface area contributed by atoms with E-state index >= 15 is 0 Å².